The predicted molar refractivity (Wildman–Crippen MR) is 87.9 cm³/mol. The fourth-order valence-corrected chi connectivity index (χ4v) is 3.91. The van der Waals surface area contributed by atoms with E-state index in [1.54, 1.807) is 18.3 Å². The van der Waals surface area contributed by atoms with Gasteiger partial charge in [-0.1, -0.05) is 6.07 Å². The minimum Gasteiger partial charge on any atom is -0.256 e. The molecule has 0 saturated carbocycles. The van der Waals surface area contributed by atoms with E-state index in [9.17, 15) is 17.2 Å². The van der Waals surface area contributed by atoms with Gasteiger partial charge in [-0.15, -0.1) is 0 Å². The summed E-state index contributed by atoms with van der Waals surface area (Å²) in [4.78, 5) is 3.55. The van der Waals surface area contributed by atoms with Gasteiger partial charge in [0.1, 0.15) is 16.5 Å². The van der Waals surface area contributed by atoms with Crippen molar-refractivity contribution in [3.05, 3.63) is 70.6 Å². The van der Waals surface area contributed by atoms with Gasteiger partial charge in [0.25, 0.3) is 0 Å². The predicted octanol–water partition coefficient (Wildman–Crippen LogP) is 3.57. The first-order valence-corrected chi connectivity index (χ1v) is 9.31. The topological polar surface area (TPSA) is 59.1 Å². The maximum absolute atomic E-state index is 13.7. The van der Waals surface area contributed by atoms with Gasteiger partial charge < -0.3 is 0 Å². The summed E-state index contributed by atoms with van der Waals surface area (Å²) < 4.78 is 53.7. The van der Waals surface area contributed by atoms with Crippen LogP contribution in [0.15, 0.2) is 58.3 Å². The van der Waals surface area contributed by atoms with E-state index in [4.69, 9.17) is 0 Å². The Hall–Kier alpha value is -2.16. The highest BCUT2D eigenvalue weighted by atomic mass is 32.2. The molecule has 0 bridgehead atoms. The van der Waals surface area contributed by atoms with Crippen molar-refractivity contribution in [2.75, 3.05) is 0 Å². The molecule has 8 heteroatoms. The Morgan fingerprint density at radius 2 is 2.00 bits per heavy atom. The zero-order chi connectivity index (χ0) is 17.2. The first-order chi connectivity index (χ1) is 11.5. The summed E-state index contributed by atoms with van der Waals surface area (Å²) in [7, 11) is -4.19. The summed E-state index contributed by atoms with van der Waals surface area (Å²) in [5, 5.41) is 3.78. The van der Waals surface area contributed by atoms with Crippen molar-refractivity contribution in [3.8, 4) is 11.3 Å². The third kappa shape index (κ3) is 3.50. The average molecular weight is 366 g/mol. The van der Waals surface area contributed by atoms with Crippen LogP contribution in [0.2, 0.25) is 0 Å². The SMILES string of the molecule is O=S(=O)(NCc1cccnc1-c1ccsc1)c1cc(F)ccc1F. The highest BCUT2D eigenvalue weighted by molar-refractivity contribution is 7.89. The summed E-state index contributed by atoms with van der Waals surface area (Å²) in [5.74, 6) is -1.83. The molecule has 0 radical (unpaired) electrons. The number of nitrogens with one attached hydrogen (secondary N) is 1. The Kier molecular flexibility index (Phi) is 4.70. The summed E-state index contributed by atoms with van der Waals surface area (Å²) in [6.07, 6.45) is 1.61. The molecule has 0 amide bonds. The lowest BCUT2D eigenvalue weighted by atomic mass is 10.1. The van der Waals surface area contributed by atoms with Gasteiger partial charge in [0, 0.05) is 23.7 Å². The molecule has 0 atom stereocenters. The van der Waals surface area contributed by atoms with E-state index < -0.39 is 26.6 Å². The number of nitrogens with zero attached hydrogens (tertiary/aromatic N) is 1. The van der Waals surface area contributed by atoms with E-state index in [-0.39, 0.29) is 6.54 Å². The van der Waals surface area contributed by atoms with Gasteiger partial charge >= 0.3 is 0 Å². The molecule has 2 aromatic heterocycles. The van der Waals surface area contributed by atoms with Crippen LogP contribution in [-0.2, 0) is 16.6 Å². The molecule has 0 spiro atoms. The minimum atomic E-state index is -4.19. The first kappa shape index (κ1) is 16.7. The van der Waals surface area contributed by atoms with Gasteiger partial charge in [0.2, 0.25) is 10.0 Å². The number of halogens is 2. The second-order valence-corrected chi connectivity index (χ2v) is 7.44. The molecule has 0 fully saturated rings. The molecule has 0 aliphatic carbocycles. The summed E-state index contributed by atoms with van der Waals surface area (Å²) in [6, 6.07) is 7.58. The van der Waals surface area contributed by atoms with Gasteiger partial charge in [-0.25, -0.2) is 21.9 Å². The molecule has 3 rings (SSSR count). The molecule has 0 aliphatic heterocycles. The number of hydrogen-bond donors (Lipinski definition) is 1. The van der Waals surface area contributed by atoms with Crippen molar-refractivity contribution in [1.29, 1.82) is 0 Å². The van der Waals surface area contributed by atoms with Crippen LogP contribution in [0.25, 0.3) is 11.3 Å². The monoisotopic (exact) mass is 366 g/mol. The summed E-state index contributed by atoms with van der Waals surface area (Å²) in [6.45, 7) is -0.0860. The summed E-state index contributed by atoms with van der Waals surface area (Å²) >= 11 is 1.50. The Morgan fingerprint density at radius 3 is 2.75 bits per heavy atom. The number of thiophene rings is 1. The fraction of sp³-hybridized carbons (Fsp3) is 0.0625. The molecular weight excluding hydrogens is 354 g/mol. The minimum absolute atomic E-state index is 0.0860. The Balaban J connectivity index is 1.87. The molecule has 1 N–H and O–H groups in total. The van der Waals surface area contributed by atoms with E-state index in [1.807, 2.05) is 16.8 Å². The van der Waals surface area contributed by atoms with Gasteiger partial charge in [0.05, 0.1) is 5.69 Å². The third-order valence-corrected chi connectivity index (χ3v) is 5.42. The van der Waals surface area contributed by atoms with E-state index >= 15 is 0 Å². The normalized spacial score (nSPS) is 11.6. The Bertz CT molecular complexity index is 958. The number of pyridine rings is 1. The van der Waals surface area contributed by atoms with Crippen LogP contribution >= 0.6 is 11.3 Å². The molecule has 0 unspecified atom stereocenters. The van der Waals surface area contributed by atoms with Crippen LogP contribution in [0.1, 0.15) is 5.56 Å². The highest BCUT2D eigenvalue weighted by Gasteiger charge is 2.20. The Labute approximate surface area is 141 Å². The van der Waals surface area contributed by atoms with E-state index in [0.717, 1.165) is 17.7 Å². The van der Waals surface area contributed by atoms with Crippen molar-refractivity contribution in [3.63, 3.8) is 0 Å². The lowest BCUT2D eigenvalue weighted by Gasteiger charge is -2.10. The Morgan fingerprint density at radius 1 is 1.17 bits per heavy atom. The lowest BCUT2D eigenvalue weighted by Crippen LogP contribution is -2.24. The van der Waals surface area contributed by atoms with Crippen molar-refractivity contribution in [1.82, 2.24) is 9.71 Å². The first-order valence-electron chi connectivity index (χ1n) is 6.88. The van der Waals surface area contributed by atoms with Gasteiger partial charge in [0.15, 0.2) is 0 Å². The lowest BCUT2D eigenvalue weighted by molar-refractivity contribution is 0.545. The molecule has 3 aromatic rings. The van der Waals surface area contributed by atoms with Crippen LogP contribution in [0.4, 0.5) is 8.78 Å². The summed E-state index contributed by atoms with van der Waals surface area (Å²) in [5.41, 5.74) is 2.14. The molecule has 0 aliphatic rings. The molecule has 2 heterocycles. The zero-order valence-electron chi connectivity index (χ0n) is 12.2. The molecule has 124 valence electrons. The number of benzene rings is 1. The van der Waals surface area contributed by atoms with E-state index in [0.29, 0.717) is 17.3 Å². The maximum Gasteiger partial charge on any atom is 0.243 e. The molecule has 24 heavy (non-hydrogen) atoms. The van der Waals surface area contributed by atoms with Crippen molar-refractivity contribution < 1.29 is 17.2 Å². The molecule has 4 nitrogen and oxygen atoms in total. The average Bonchev–Trinajstić information content (AvgIpc) is 3.10. The van der Waals surface area contributed by atoms with Gasteiger partial charge in [-0.2, -0.15) is 11.3 Å². The van der Waals surface area contributed by atoms with Crippen LogP contribution in [-0.4, -0.2) is 13.4 Å². The second-order valence-electron chi connectivity index (χ2n) is 4.92. The van der Waals surface area contributed by atoms with Crippen LogP contribution in [0, 0.1) is 11.6 Å². The zero-order valence-corrected chi connectivity index (χ0v) is 13.9. The largest absolute Gasteiger partial charge is 0.256 e. The van der Waals surface area contributed by atoms with Gasteiger partial charge in [-0.05, 0) is 41.3 Å². The number of rotatable bonds is 5. The molecular formula is C16H12F2N2O2S2. The van der Waals surface area contributed by atoms with Gasteiger partial charge in [-0.3, -0.25) is 4.98 Å². The number of hydrogen-bond acceptors (Lipinski definition) is 4. The fourth-order valence-electron chi connectivity index (χ4n) is 2.17. The number of aromatic nitrogens is 1. The second kappa shape index (κ2) is 6.76. The standard InChI is InChI=1S/C16H12F2N2O2S2/c17-13-3-4-14(18)15(8-13)24(21,22)20-9-11-2-1-6-19-16(11)12-5-7-23-10-12/h1-8,10,20H,9H2. The smallest absolute Gasteiger partial charge is 0.243 e. The van der Waals surface area contributed by atoms with Crippen molar-refractivity contribution in [2.45, 2.75) is 11.4 Å². The molecule has 0 saturated heterocycles. The highest BCUT2D eigenvalue weighted by Crippen LogP contribution is 2.24. The van der Waals surface area contributed by atoms with Crippen molar-refractivity contribution >= 4 is 21.4 Å². The number of sulfonamides is 1. The molecule has 1 aromatic carbocycles. The third-order valence-electron chi connectivity index (χ3n) is 3.32. The van der Waals surface area contributed by atoms with Crippen molar-refractivity contribution in [2.24, 2.45) is 0 Å². The quantitative estimate of drug-likeness (QED) is 0.751. The van der Waals surface area contributed by atoms with Crippen LogP contribution < -0.4 is 4.72 Å². The maximum atomic E-state index is 13.7. The van der Waals surface area contributed by atoms with Crippen LogP contribution in [0.3, 0.4) is 0 Å². The van der Waals surface area contributed by atoms with E-state index in [2.05, 4.69) is 9.71 Å². The van der Waals surface area contributed by atoms with E-state index in [1.165, 1.54) is 11.3 Å². The van der Waals surface area contributed by atoms with Crippen LogP contribution in [0.5, 0.6) is 0 Å².